The van der Waals surface area contributed by atoms with Crippen LogP contribution < -0.4 is 10.1 Å². The molecule has 28 heavy (non-hydrogen) atoms. The third-order valence-electron chi connectivity index (χ3n) is 5.29. The number of carbonyl (C=O) groups excluding carboxylic acids is 1. The molecular weight excluding hydrogens is 354 g/mol. The second kappa shape index (κ2) is 8.02. The van der Waals surface area contributed by atoms with Gasteiger partial charge in [-0.1, -0.05) is 18.2 Å². The molecule has 4 rings (SSSR count). The van der Waals surface area contributed by atoms with Gasteiger partial charge in [0.05, 0.1) is 13.7 Å². The van der Waals surface area contributed by atoms with Crippen LogP contribution in [-0.4, -0.2) is 42.5 Å². The van der Waals surface area contributed by atoms with Crippen LogP contribution >= 0.6 is 0 Å². The summed E-state index contributed by atoms with van der Waals surface area (Å²) in [6, 6.07) is 13.4. The molecular formula is C22H25N3O3. The van der Waals surface area contributed by atoms with Crippen molar-refractivity contribution in [3.05, 3.63) is 53.9 Å². The third kappa shape index (κ3) is 4.02. The van der Waals surface area contributed by atoms with Gasteiger partial charge >= 0.3 is 0 Å². The van der Waals surface area contributed by atoms with Gasteiger partial charge in [0.1, 0.15) is 11.3 Å². The molecule has 1 amide bonds. The van der Waals surface area contributed by atoms with Gasteiger partial charge in [0.15, 0.2) is 11.5 Å². The SMILES string of the molecule is COc1cccc(NC(=O)CN2CCC(c3nc4cccc(C)c4o3)CC2)c1. The van der Waals surface area contributed by atoms with Gasteiger partial charge in [0.25, 0.3) is 0 Å². The summed E-state index contributed by atoms with van der Waals surface area (Å²) in [5.41, 5.74) is 3.68. The zero-order valence-electron chi connectivity index (χ0n) is 16.3. The van der Waals surface area contributed by atoms with Crippen molar-refractivity contribution in [1.82, 2.24) is 9.88 Å². The van der Waals surface area contributed by atoms with Crippen LogP contribution in [0.25, 0.3) is 11.1 Å². The molecule has 0 spiro atoms. The Morgan fingerprint density at radius 2 is 2.04 bits per heavy atom. The zero-order chi connectivity index (χ0) is 19.5. The lowest BCUT2D eigenvalue weighted by atomic mass is 9.97. The maximum atomic E-state index is 12.4. The van der Waals surface area contributed by atoms with Crippen LogP contribution in [0.3, 0.4) is 0 Å². The van der Waals surface area contributed by atoms with Gasteiger partial charge in [-0.25, -0.2) is 4.98 Å². The lowest BCUT2D eigenvalue weighted by Gasteiger charge is -2.29. The van der Waals surface area contributed by atoms with Crippen molar-refractivity contribution >= 4 is 22.7 Å². The molecule has 0 atom stereocenters. The predicted octanol–water partition coefficient (Wildman–Crippen LogP) is 3.96. The number of hydrogen-bond donors (Lipinski definition) is 1. The number of piperidine rings is 1. The number of benzene rings is 2. The first-order valence-corrected chi connectivity index (χ1v) is 9.64. The van der Waals surface area contributed by atoms with Crippen LogP contribution in [0, 0.1) is 6.92 Å². The molecule has 2 aromatic carbocycles. The standard InChI is InChI=1S/C22H25N3O3/c1-15-5-3-8-19-21(15)28-22(24-19)16-9-11-25(12-10-16)14-20(26)23-17-6-4-7-18(13-17)27-2/h3-8,13,16H,9-12,14H2,1-2H3,(H,23,26). The third-order valence-corrected chi connectivity index (χ3v) is 5.29. The van der Waals surface area contributed by atoms with E-state index in [1.807, 2.05) is 49.4 Å². The number of ether oxygens (including phenoxy) is 1. The summed E-state index contributed by atoms with van der Waals surface area (Å²) in [7, 11) is 1.61. The van der Waals surface area contributed by atoms with E-state index in [1.54, 1.807) is 7.11 Å². The van der Waals surface area contributed by atoms with E-state index in [2.05, 4.69) is 15.2 Å². The fourth-order valence-corrected chi connectivity index (χ4v) is 3.72. The molecule has 1 aliphatic rings. The highest BCUT2D eigenvalue weighted by molar-refractivity contribution is 5.92. The number of methoxy groups -OCH3 is 1. The van der Waals surface area contributed by atoms with Gasteiger partial charge in [0, 0.05) is 17.7 Å². The van der Waals surface area contributed by atoms with E-state index in [9.17, 15) is 4.79 Å². The van der Waals surface area contributed by atoms with Crippen molar-refractivity contribution in [2.45, 2.75) is 25.7 Å². The Morgan fingerprint density at radius 3 is 2.79 bits per heavy atom. The quantitative estimate of drug-likeness (QED) is 0.727. The Hall–Kier alpha value is -2.86. The number of amides is 1. The number of oxazole rings is 1. The number of nitrogens with zero attached hydrogens (tertiary/aromatic N) is 2. The molecule has 0 bridgehead atoms. The van der Waals surface area contributed by atoms with E-state index in [1.165, 1.54) is 0 Å². The van der Waals surface area contributed by atoms with Gasteiger partial charge < -0.3 is 14.5 Å². The summed E-state index contributed by atoms with van der Waals surface area (Å²) >= 11 is 0. The highest BCUT2D eigenvalue weighted by Crippen LogP contribution is 2.30. The Kier molecular flexibility index (Phi) is 5.30. The van der Waals surface area contributed by atoms with Crippen molar-refractivity contribution in [3.8, 4) is 5.75 Å². The number of nitrogens with one attached hydrogen (secondary N) is 1. The molecule has 2 heterocycles. The molecule has 3 aromatic rings. The first-order valence-electron chi connectivity index (χ1n) is 9.64. The van der Waals surface area contributed by atoms with E-state index >= 15 is 0 Å². The molecule has 1 N–H and O–H groups in total. The van der Waals surface area contributed by atoms with E-state index in [4.69, 9.17) is 9.15 Å². The molecule has 0 unspecified atom stereocenters. The second-order valence-electron chi connectivity index (χ2n) is 7.31. The largest absolute Gasteiger partial charge is 0.497 e. The van der Waals surface area contributed by atoms with Gasteiger partial charge in [-0.15, -0.1) is 0 Å². The summed E-state index contributed by atoms with van der Waals surface area (Å²) < 4.78 is 11.2. The molecule has 6 nitrogen and oxygen atoms in total. The number of aryl methyl sites for hydroxylation is 1. The van der Waals surface area contributed by atoms with Crippen LogP contribution in [0.2, 0.25) is 0 Å². The first kappa shape index (κ1) is 18.5. The van der Waals surface area contributed by atoms with Crippen molar-refractivity contribution in [3.63, 3.8) is 0 Å². The predicted molar refractivity (Wildman–Crippen MR) is 109 cm³/mol. The van der Waals surface area contributed by atoms with Crippen molar-refractivity contribution in [2.24, 2.45) is 0 Å². The minimum atomic E-state index is -0.0100. The van der Waals surface area contributed by atoms with E-state index < -0.39 is 0 Å². The zero-order valence-corrected chi connectivity index (χ0v) is 16.3. The van der Waals surface area contributed by atoms with Gasteiger partial charge in [-0.05, 0) is 56.6 Å². The average Bonchev–Trinajstić information content (AvgIpc) is 3.14. The summed E-state index contributed by atoms with van der Waals surface area (Å²) in [6.45, 7) is 4.14. The van der Waals surface area contributed by atoms with Gasteiger partial charge in [-0.3, -0.25) is 9.69 Å². The normalized spacial score (nSPS) is 15.6. The molecule has 6 heteroatoms. The van der Waals surface area contributed by atoms with Crippen LogP contribution in [-0.2, 0) is 4.79 Å². The molecule has 0 saturated carbocycles. The number of rotatable bonds is 5. The smallest absolute Gasteiger partial charge is 0.238 e. The Bertz CT molecular complexity index is 974. The number of likely N-dealkylation sites (tertiary alicyclic amines) is 1. The molecule has 0 radical (unpaired) electrons. The van der Waals surface area contributed by atoms with Gasteiger partial charge in [0.2, 0.25) is 5.91 Å². The van der Waals surface area contributed by atoms with Crippen LogP contribution in [0.1, 0.15) is 30.2 Å². The average molecular weight is 379 g/mol. The molecule has 146 valence electrons. The Labute approximate surface area is 164 Å². The molecule has 1 fully saturated rings. The lowest BCUT2D eigenvalue weighted by molar-refractivity contribution is -0.117. The number of para-hydroxylation sites is 1. The van der Waals surface area contributed by atoms with Crippen molar-refractivity contribution in [1.29, 1.82) is 0 Å². The maximum Gasteiger partial charge on any atom is 0.238 e. The highest BCUT2D eigenvalue weighted by Gasteiger charge is 2.26. The second-order valence-corrected chi connectivity index (χ2v) is 7.31. The lowest BCUT2D eigenvalue weighted by Crippen LogP contribution is -2.38. The summed E-state index contributed by atoms with van der Waals surface area (Å²) in [5.74, 6) is 1.85. The molecule has 0 aliphatic carbocycles. The minimum absolute atomic E-state index is 0.0100. The summed E-state index contributed by atoms with van der Waals surface area (Å²) in [5, 5.41) is 2.94. The number of fused-ring (bicyclic) bond motifs is 1. The van der Waals surface area contributed by atoms with E-state index in [0.29, 0.717) is 12.5 Å². The van der Waals surface area contributed by atoms with E-state index in [0.717, 1.165) is 59.9 Å². The number of aromatic nitrogens is 1. The highest BCUT2D eigenvalue weighted by atomic mass is 16.5. The monoisotopic (exact) mass is 379 g/mol. The molecule has 1 aliphatic heterocycles. The minimum Gasteiger partial charge on any atom is -0.497 e. The van der Waals surface area contributed by atoms with Crippen molar-refractivity contribution in [2.75, 3.05) is 32.1 Å². The fraction of sp³-hybridized carbons (Fsp3) is 0.364. The molecule has 1 saturated heterocycles. The Morgan fingerprint density at radius 1 is 1.25 bits per heavy atom. The first-order chi connectivity index (χ1) is 13.6. The number of anilines is 1. The van der Waals surface area contributed by atoms with Gasteiger partial charge in [-0.2, -0.15) is 0 Å². The summed E-state index contributed by atoms with van der Waals surface area (Å²) in [4.78, 5) is 19.2. The molecule has 1 aromatic heterocycles. The van der Waals surface area contributed by atoms with Crippen LogP contribution in [0.4, 0.5) is 5.69 Å². The fourth-order valence-electron chi connectivity index (χ4n) is 3.72. The summed E-state index contributed by atoms with van der Waals surface area (Å²) in [6.07, 6.45) is 1.89. The van der Waals surface area contributed by atoms with Crippen molar-refractivity contribution < 1.29 is 13.9 Å². The number of hydrogen-bond acceptors (Lipinski definition) is 5. The maximum absolute atomic E-state index is 12.4. The van der Waals surface area contributed by atoms with E-state index in [-0.39, 0.29) is 5.91 Å². The van der Waals surface area contributed by atoms with Crippen LogP contribution in [0.5, 0.6) is 5.75 Å². The Balaban J connectivity index is 1.32. The number of carbonyl (C=O) groups is 1. The van der Waals surface area contributed by atoms with Crippen LogP contribution in [0.15, 0.2) is 46.9 Å². The topological polar surface area (TPSA) is 67.6 Å².